The summed E-state index contributed by atoms with van der Waals surface area (Å²) < 4.78 is 43.4. The van der Waals surface area contributed by atoms with Crippen molar-refractivity contribution < 1.29 is 37.4 Å². The van der Waals surface area contributed by atoms with Gasteiger partial charge in [0.05, 0.1) is 11.3 Å². The molecule has 0 saturated carbocycles. The molecule has 208 valence electrons. The maximum Gasteiger partial charge on any atom is 0.573 e. The molecule has 4 rings (SSSR count). The van der Waals surface area contributed by atoms with Gasteiger partial charge in [-0.1, -0.05) is 25.5 Å². The van der Waals surface area contributed by atoms with Gasteiger partial charge >= 0.3 is 18.4 Å². The molecule has 4 aromatic rings. The normalized spacial score (nSPS) is 12.0. The Morgan fingerprint density at radius 3 is 2.40 bits per heavy atom. The highest BCUT2D eigenvalue weighted by atomic mass is 19.4. The van der Waals surface area contributed by atoms with Gasteiger partial charge < -0.3 is 25.8 Å². The molecule has 11 nitrogen and oxygen atoms in total. The van der Waals surface area contributed by atoms with E-state index in [0.717, 1.165) is 6.07 Å². The number of carboxylic acids is 1. The van der Waals surface area contributed by atoms with Gasteiger partial charge in [-0.2, -0.15) is 0 Å². The highest BCUT2D eigenvalue weighted by molar-refractivity contribution is 6.02. The summed E-state index contributed by atoms with van der Waals surface area (Å²) in [7, 11) is 0. The standard InChI is InChI=1S/C26H23F3N6O5/c1-2-6-19(24(37)38)31-23(36)17-7-5-14-35-21(33-34-22(17)35)15-10-12-16(13-11-15)30-25(39)32-18-8-3-4-9-20(18)40-26(27,28)29/h3-5,7-14,19H,2,6H2,1H3,(H,31,36)(H,37,38)(H2,30,32,39)/t19-/m0/s1. The number of rotatable bonds is 9. The predicted octanol–water partition coefficient (Wildman–Crippen LogP) is 4.92. The van der Waals surface area contributed by atoms with Crippen molar-refractivity contribution in [1.82, 2.24) is 19.9 Å². The summed E-state index contributed by atoms with van der Waals surface area (Å²) in [5, 5.41) is 24.9. The largest absolute Gasteiger partial charge is 0.573 e. The summed E-state index contributed by atoms with van der Waals surface area (Å²) in [5.74, 6) is -1.91. The molecule has 2 heterocycles. The number of halogens is 3. The minimum atomic E-state index is -4.92. The molecule has 2 aromatic heterocycles. The average Bonchev–Trinajstić information content (AvgIpc) is 3.33. The maximum atomic E-state index is 12.8. The van der Waals surface area contributed by atoms with Gasteiger partial charge in [0.25, 0.3) is 5.91 Å². The van der Waals surface area contributed by atoms with E-state index in [1.807, 2.05) is 6.92 Å². The van der Waals surface area contributed by atoms with Crippen molar-refractivity contribution in [2.24, 2.45) is 0 Å². The minimum Gasteiger partial charge on any atom is -0.480 e. The molecule has 4 N–H and O–H groups in total. The second-order valence-corrected chi connectivity index (χ2v) is 8.49. The zero-order valence-corrected chi connectivity index (χ0v) is 20.9. The fourth-order valence-electron chi connectivity index (χ4n) is 3.84. The fraction of sp³-hybridized carbons (Fsp3) is 0.192. The Labute approximate surface area is 225 Å². The first-order valence-electron chi connectivity index (χ1n) is 12.0. The fourth-order valence-corrected chi connectivity index (χ4v) is 3.84. The van der Waals surface area contributed by atoms with Crippen LogP contribution in [0.1, 0.15) is 30.1 Å². The topological polar surface area (TPSA) is 147 Å². The summed E-state index contributed by atoms with van der Waals surface area (Å²) in [4.78, 5) is 36.6. The molecule has 3 amide bonds. The van der Waals surface area contributed by atoms with E-state index in [1.54, 1.807) is 40.9 Å². The number of hydrogen-bond acceptors (Lipinski definition) is 6. The molecule has 0 aliphatic carbocycles. The Bertz CT molecular complexity index is 1540. The number of nitrogens with zero attached hydrogens (tertiary/aromatic N) is 3. The SMILES string of the molecule is CCC[C@H](NC(=O)c1cccn2c(-c3ccc(NC(=O)Nc4ccccc4OC(F)(F)F)cc3)nnc12)C(=O)O. The molecule has 2 aromatic carbocycles. The van der Waals surface area contributed by atoms with Crippen molar-refractivity contribution in [3.05, 3.63) is 72.4 Å². The van der Waals surface area contributed by atoms with E-state index in [0.29, 0.717) is 23.5 Å². The summed E-state index contributed by atoms with van der Waals surface area (Å²) in [5.41, 5.74) is 1.10. The molecular weight excluding hydrogens is 533 g/mol. The number of ether oxygens (including phenoxy) is 1. The lowest BCUT2D eigenvalue weighted by Gasteiger charge is -2.14. The Morgan fingerprint density at radius 2 is 1.73 bits per heavy atom. The number of aliphatic carboxylic acids is 1. The van der Waals surface area contributed by atoms with Gasteiger partial charge in [0, 0.05) is 17.4 Å². The van der Waals surface area contributed by atoms with Crippen LogP contribution in [0.5, 0.6) is 5.75 Å². The van der Waals surface area contributed by atoms with Gasteiger partial charge in [-0.25, -0.2) is 9.59 Å². The number of pyridine rings is 1. The van der Waals surface area contributed by atoms with Crippen molar-refractivity contribution in [2.75, 3.05) is 10.6 Å². The lowest BCUT2D eigenvalue weighted by Crippen LogP contribution is -2.40. The first-order valence-corrected chi connectivity index (χ1v) is 12.0. The average molecular weight is 557 g/mol. The number of urea groups is 1. The molecule has 0 bridgehead atoms. The smallest absolute Gasteiger partial charge is 0.480 e. The molecule has 0 fully saturated rings. The third kappa shape index (κ3) is 6.64. The highest BCUT2D eigenvalue weighted by Gasteiger charge is 2.32. The number of carbonyl (C=O) groups excluding carboxylic acids is 2. The first kappa shape index (κ1) is 27.9. The summed E-state index contributed by atoms with van der Waals surface area (Å²) in [6, 6.07) is 12.8. The van der Waals surface area contributed by atoms with Crippen LogP contribution >= 0.6 is 0 Å². The molecular formula is C26H23F3N6O5. The monoisotopic (exact) mass is 556 g/mol. The van der Waals surface area contributed by atoms with Gasteiger partial charge in [-0.15, -0.1) is 23.4 Å². The zero-order chi connectivity index (χ0) is 28.9. The van der Waals surface area contributed by atoms with Gasteiger partial charge in [0.2, 0.25) is 0 Å². The number of amides is 3. The van der Waals surface area contributed by atoms with Crippen LogP contribution in [-0.2, 0) is 4.79 Å². The van der Waals surface area contributed by atoms with Crippen molar-refractivity contribution in [3.63, 3.8) is 0 Å². The highest BCUT2D eigenvalue weighted by Crippen LogP contribution is 2.30. The Morgan fingerprint density at radius 1 is 1.00 bits per heavy atom. The van der Waals surface area contributed by atoms with E-state index in [-0.39, 0.29) is 23.3 Å². The molecule has 14 heteroatoms. The third-order valence-electron chi connectivity index (χ3n) is 5.62. The lowest BCUT2D eigenvalue weighted by molar-refractivity contribution is -0.274. The third-order valence-corrected chi connectivity index (χ3v) is 5.62. The number of fused-ring (bicyclic) bond motifs is 1. The second kappa shape index (κ2) is 11.7. The van der Waals surface area contributed by atoms with E-state index in [2.05, 4.69) is 30.9 Å². The Balaban J connectivity index is 1.48. The number of hydrogen-bond donors (Lipinski definition) is 4. The number of benzene rings is 2. The van der Waals surface area contributed by atoms with Crippen molar-refractivity contribution in [3.8, 4) is 17.1 Å². The van der Waals surface area contributed by atoms with Crippen LogP contribution in [-0.4, -0.2) is 50.0 Å². The van der Waals surface area contributed by atoms with E-state index in [1.165, 1.54) is 24.3 Å². The molecule has 0 unspecified atom stereocenters. The molecule has 0 saturated heterocycles. The van der Waals surface area contributed by atoms with E-state index in [9.17, 15) is 32.7 Å². The molecule has 0 spiro atoms. The molecule has 0 aliphatic heterocycles. The second-order valence-electron chi connectivity index (χ2n) is 8.49. The van der Waals surface area contributed by atoms with Crippen LogP contribution in [0.2, 0.25) is 0 Å². The van der Waals surface area contributed by atoms with Crippen molar-refractivity contribution in [1.29, 1.82) is 0 Å². The van der Waals surface area contributed by atoms with Crippen LogP contribution in [0.4, 0.5) is 29.3 Å². The Kier molecular flexibility index (Phi) is 8.17. The van der Waals surface area contributed by atoms with Gasteiger partial charge in [-0.05, 0) is 55.0 Å². The number of carboxylic acid groups (broad SMARTS) is 1. The summed E-state index contributed by atoms with van der Waals surface area (Å²) in [6.07, 6.45) is -2.43. The lowest BCUT2D eigenvalue weighted by atomic mass is 10.1. The number of anilines is 2. The number of alkyl halides is 3. The van der Waals surface area contributed by atoms with Crippen LogP contribution in [0.25, 0.3) is 17.0 Å². The van der Waals surface area contributed by atoms with Crippen LogP contribution in [0.15, 0.2) is 66.9 Å². The number of carbonyl (C=O) groups is 3. The van der Waals surface area contributed by atoms with Gasteiger partial charge in [-0.3, -0.25) is 9.20 Å². The first-order chi connectivity index (χ1) is 19.1. The van der Waals surface area contributed by atoms with Crippen molar-refractivity contribution in [2.45, 2.75) is 32.2 Å². The summed E-state index contributed by atoms with van der Waals surface area (Å²) in [6.45, 7) is 1.81. The molecule has 0 aliphatic rings. The van der Waals surface area contributed by atoms with Gasteiger partial charge in [0.15, 0.2) is 17.2 Å². The molecule has 40 heavy (non-hydrogen) atoms. The number of para-hydroxylation sites is 2. The number of nitrogens with one attached hydrogen (secondary N) is 3. The van der Waals surface area contributed by atoms with Crippen LogP contribution < -0.4 is 20.7 Å². The molecule has 0 radical (unpaired) electrons. The minimum absolute atomic E-state index is 0.147. The Hall–Kier alpha value is -5.14. The van der Waals surface area contributed by atoms with E-state index in [4.69, 9.17) is 0 Å². The maximum absolute atomic E-state index is 12.8. The van der Waals surface area contributed by atoms with Crippen LogP contribution in [0, 0.1) is 0 Å². The summed E-state index contributed by atoms with van der Waals surface area (Å²) >= 11 is 0. The predicted molar refractivity (Wildman–Crippen MR) is 138 cm³/mol. The number of aromatic nitrogens is 3. The zero-order valence-electron chi connectivity index (χ0n) is 20.9. The van der Waals surface area contributed by atoms with E-state index >= 15 is 0 Å². The molecule has 1 atom stereocenters. The van der Waals surface area contributed by atoms with Gasteiger partial charge in [0.1, 0.15) is 6.04 Å². The van der Waals surface area contributed by atoms with Crippen LogP contribution in [0.3, 0.4) is 0 Å². The quantitative estimate of drug-likeness (QED) is 0.229. The van der Waals surface area contributed by atoms with Crippen molar-refractivity contribution >= 4 is 34.9 Å². The van der Waals surface area contributed by atoms with E-state index < -0.39 is 36.1 Å².